The maximum atomic E-state index is 12.2. The molecule has 0 saturated heterocycles. The van der Waals surface area contributed by atoms with Gasteiger partial charge in [-0.3, -0.25) is 9.78 Å². The first-order valence-electron chi connectivity index (χ1n) is 18.2. The Hall–Kier alpha value is -3.67. The van der Waals surface area contributed by atoms with E-state index in [4.69, 9.17) is 4.42 Å². The van der Waals surface area contributed by atoms with E-state index in [0.717, 1.165) is 65.4 Å². The van der Waals surface area contributed by atoms with Crippen molar-refractivity contribution in [2.24, 2.45) is 16.7 Å². The number of carbonyl (C=O) groups is 1. The topological polar surface area (TPSA) is 89.1 Å². The molecule has 275 valence electrons. The predicted octanol–water partition coefficient (Wildman–Crippen LogP) is 12.0. The maximum absolute atomic E-state index is 12.2. The number of allylic oxidation sites excluding steroid dienone is 2. The van der Waals surface area contributed by atoms with Crippen LogP contribution in [-0.2, 0) is 36.7 Å². The van der Waals surface area contributed by atoms with Gasteiger partial charge in [0.05, 0.1) is 12.0 Å². The summed E-state index contributed by atoms with van der Waals surface area (Å²) in [6, 6.07) is 18.4. The number of nitrogens with zero attached hydrogens (tertiary/aromatic N) is 3. The zero-order chi connectivity index (χ0) is 36.9. The van der Waals surface area contributed by atoms with Crippen molar-refractivity contribution in [1.82, 2.24) is 15.0 Å². The maximum Gasteiger partial charge on any atom is 0.226 e. The molecule has 0 aliphatic heterocycles. The summed E-state index contributed by atoms with van der Waals surface area (Å²) in [6.45, 7) is 23.2. The fourth-order valence-corrected chi connectivity index (χ4v) is 6.04. The van der Waals surface area contributed by atoms with Gasteiger partial charge in [0.2, 0.25) is 5.71 Å². The molecule has 5 aromatic rings. The molecule has 0 atom stereocenters. The number of benzene rings is 2. The van der Waals surface area contributed by atoms with Crippen LogP contribution in [-0.4, -0.2) is 25.8 Å². The molecule has 2 aromatic carbocycles. The Morgan fingerprint density at radius 3 is 2.10 bits per heavy atom. The van der Waals surface area contributed by atoms with Crippen molar-refractivity contribution in [2.75, 3.05) is 0 Å². The summed E-state index contributed by atoms with van der Waals surface area (Å²) in [5.41, 5.74) is 6.15. The third-order valence-electron chi connectivity index (χ3n) is 10.6. The van der Waals surface area contributed by atoms with Crippen LogP contribution in [0.4, 0.5) is 0 Å². The standard InChI is InChI=1S/C29H28N3O.C15H28O2.Ir/c1-18(2)10-22-16-33-28-24(22)12-21(15-30-28)27-14-26(31-17-32-27)20-11-19-8-6-7-9-23(19)25(13-20)29(3,4)5;1-7-14(5,8-2)12(16)11-13(17)15(6,9-3)10-4;/h6-9,12-18H,10H2,1-5H3;11,16H,7-10H2,1-6H3;/q-1;;/b;12-11-;. The summed E-state index contributed by atoms with van der Waals surface area (Å²) in [7, 11) is 0. The van der Waals surface area contributed by atoms with E-state index >= 15 is 0 Å². The van der Waals surface area contributed by atoms with E-state index in [0.29, 0.717) is 11.6 Å². The average molecular weight is 867 g/mol. The molecule has 3 heterocycles. The van der Waals surface area contributed by atoms with Crippen LogP contribution in [0, 0.1) is 22.8 Å². The molecule has 0 saturated carbocycles. The van der Waals surface area contributed by atoms with Crippen LogP contribution < -0.4 is 0 Å². The van der Waals surface area contributed by atoms with E-state index in [1.165, 1.54) is 22.6 Å². The van der Waals surface area contributed by atoms with Crippen LogP contribution in [0.3, 0.4) is 0 Å². The van der Waals surface area contributed by atoms with Gasteiger partial charge < -0.3 is 9.52 Å². The van der Waals surface area contributed by atoms with E-state index in [1.54, 1.807) is 6.33 Å². The Kier molecular flexibility index (Phi) is 14.1. The van der Waals surface area contributed by atoms with E-state index < -0.39 is 0 Å². The Bertz CT molecular complexity index is 1960. The van der Waals surface area contributed by atoms with Gasteiger partial charge in [-0.1, -0.05) is 105 Å². The Labute approximate surface area is 319 Å². The molecule has 1 radical (unpaired) electrons. The Balaban J connectivity index is 0.000000335. The number of pyridine rings is 1. The summed E-state index contributed by atoms with van der Waals surface area (Å²) in [5.74, 6) is 0.828. The summed E-state index contributed by atoms with van der Waals surface area (Å²) in [6.07, 6.45) is 11.0. The van der Waals surface area contributed by atoms with Crippen LogP contribution in [0.1, 0.15) is 113 Å². The number of fused-ring (bicyclic) bond motifs is 2. The molecule has 3 aromatic heterocycles. The number of aliphatic hydroxyl groups is 1. The number of aromatic nitrogens is 3. The van der Waals surface area contributed by atoms with Gasteiger partial charge in [0.1, 0.15) is 12.1 Å². The van der Waals surface area contributed by atoms with Crippen molar-refractivity contribution in [3.63, 3.8) is 0 Å². The minimum atomic E-state index is -0.337. The van der Waals surface area contributed by atoms with E-state index in [2.05, 4.69) is 92.0 Å². The molecule has 1 N–H and O–H groups in total. The first-order valence-corrected chi connectivity index (χ1v) is 18.2. The van der Waals surface area contributed by atoms with Gasteiger partial charge in [0.15, 0.2) is 5.78 Å². The van der Waals surface area contributed by atoms with Gasteiger partial charge in [0, 0.05) is 65.4 Å². The number of aliphatic hydroxyl groups excluding tert-OH is 1. The smallest absolute Gasteiger partial charge is 0.226 e. The molecular weight excluding hydrogens is 811 g/mol. The summed E-state index contributed by atoms with van der Waals surface area (Å²) >= 11 is 0. The van der Waals surface area contributed by atoms with Crippen molar-refractivity contribution >= 4 is 27.7 Å². The van der Waals surface area contributed by atoms with Crippen LogP contribution in [0.25, 0.3) is 44.4 Å². The SMILES string of the molecule is CC(C)Cc1coc2ncc(-c3cc(-c4[c-]c5ccccc5c(C(C)(C)C)c4)ncn3)cc12.CCC(C)(CC)C(=O)/C=C(\O)C(C)(CC)CC.[Ir]. The van der Waals surface area contributed by atoms with E-state index in [1.807, 2.05) is 60.1 Å². The van der Waals surface area contributed by atoms with Crippen molar-refractivity contribution in [3.8, 4) is 22.5 Å². The quantitative estimate of drug-likeness (QED) is 0.0808. The Morgan fingerprint density at radius 1 is 0.863 bits per heavy atom. The molecule has 0 aliphatic carbocycles. The second-order valence-corrected chi connectivity index (χ2v) is 15.5. The first-order chi connectivity index (χ1) is 23.6. The van der Waals surface area contributed by atoms with E-state index in [9.17, 15) is 9.90 Å². The van der Waals surface area contributed by atoms with Crippen molar-refractivity contribution in [2.45, 2.75) is 114 Å². The Morgan fingerprint density at radius 2 is 1.49 bits per heavy atom. The van der Waals surface area contributed by atoms with Gasteiger partial charge in [-0.05, 0) is 55.6 Å². The molecule has 6 nitrogen and oxygen atoms in total. The number of carbonyl (C=O) groups excluding carboxylic acids is 1. The molecule has 51 heavy (non-hydrogen) atoms. The molecule has 0 amide bonds. The normalized spacial score (nSPS) is 12.5. The summed E-state index contributed by atoms with van der Waals surface area (Å²) in [4.78, 5) is 25.9. The fraction of sp³-hybridized carbons (Fsp3) is 0.455. The molecule has 5 rings (SSSR count). The molecule has 0 aliphatic rings. The van der Waals surface area contributed by atoms with Gasteiger partial charge in [0.25, 0.3) is 0 Å². The zero-order valence-electron chi connectivity index (χ0n) is 32.4. The minimum absolute atomic E-state index is 0. The predicted molar refractivity (Wildman–Crippen MR) is 207 cm³/mol. The molecule has 7 heteroatoms. The van der Waals surface area contributed by atoms with Crippen LogP contribution >= 0.6 is 0 Å². The number of rotatable bonds is 11. The molecule has 0 bridgehead atoms. The second kappa shape index (κ2) is 17.2. The van der Waals surface area contributed by atoms with E-state index in [-0.39, 0.29) is 47.9 Å². The third-order valence-corrected chi connectivity index (χ3v) is 10.6. The van der Waals surface area contributed by atoms with Crippen molar-refractivity contribution < 1.29 is 34.4 Å². The summed E-state index contributed by atoms with van der Waals surface area (Å²) < 4.78 is 5.67. The van der Waals surface area contributed by atoms with Crippen molar-refractivity contribution in [3.05, 3.63) is 90.3 Å². The molecular formula is C44H56IrN3O3-. The average Bonchev–Trinajstić information content (AvgIpc) is 3.51. The van der Waals surface area contributed by atoms with Crippen molar-refractivity contribution in [1.29, 1.82) is 0 Å². The largest absolute Gasteiger partial charge is 0.512 e. The van der Waals surface area contributed by atoms with Crippen LogP contribution in [0.5, 0.6) is 0 Å². The monoisotopic (exact) mass is 867 g/mol. The molecule has 0 spiro atoms. The van der Waals surface area contributed by atoms with Gasteiger partial charge in [-0.15, -0.1) is 29.1 Å². The number of ketones is 1. The van der Waals surface area contributed by atoms with Gasteiger partial charge in [-0.25, -0.2) is 9.97 Å². The minimum Gasteiger partial charge on any atom is -0.512 e. The van der Waals surface area contributed by atoms with Crippen LogP contribution in [0.15, 0.2) is 77.5 Å². The second-order valence-electron chi connectivity index (χ2n) is 15.5. The fourth-order valence-electron chi connectivity index (χ4n) is 6.04. The zero-order valence-corrected chi connectivity index (χ0v) is 34.8. The van der Waals surface area contributed by atoms with Gasteiger partial charge >= 0.3 is 0 Å². The van der Waals surface area contributed by atoms with Crippen LogP contribution in [0.2, 0.25) is 0 Å². The summed E-state index contributed by atoms with van der Waals surface area (Å²) in [5, 5.41) is 13.5. The molecule has 0 unspecified atom stereocenters. The number of hydrogen-bond acceptors (Lipinski definition) is 6. The first kappa shape index (κ1) is 41.7. The number of furan rings is 1. The molecule has 0 fully saturated rings. The third kappa shape index (κ3) is 9.61. The van der Waals surface area contributed by atoms with Gasteiger partial charge in [-0.2, -0.15) is 0 Å². The number of hydrogen-bond donors (Lipinski definition) is 1.